The summed E-state index contributed by atoms with van der Waals surface area (Å²) in [5.41, 5.74) is 0.666. The van der Waals surface area contributed by atoms with E-state index in [1.807, 2.05) is 0 Å². The molecule has 0 saturated carbocycles. The van der Waals surface area contributed by atoms with E-state index < -0.39 is 11.8 Å². The van der Waals surface area contributed by atoms with E-state index in [-0.39, 0.29) is 0 Å². The molecule has 0 bridgehead atoms. The molecule has 1 aromatic rings. The molecule has 0 spiro atoms. The molecule has 19 heavy (non-hydrogen) atoms. The maximum absolute atomic E-state index is 11.4. The molecule has 0 aliphatic rings. The van der Waals surface area contributed by atoms with Gasteiger partial charge in [-0.15, -0.1) is 0 Å². The average Bonchev–Trinajstić information content (AvgIpc) is 2.42. The second-order valence-corrected chi connectivity index (χ2v) is 3.52. The Bertz CT molecular complexity index is 529. The van der Waals surface area contributed by atoms with Crippen molar-refractivity contribution in [2.75, 3.05) is 14.2 Å². The van der Waals surface area contributed by atoms with Crippen molar-refractivity contribution in [1.29, 1.82) is 0 Å². The number of aliphatic carboxylic acids is 1. The lowest BCUT2D eigenvalue weighted by Crippen LogP contribution is -1.92. The van der Waals surface area contributed by atoms with E-state index in [1.54, 1.807) is 18.2 Å². The van der Waals surface area contributed by atoms with Gasteiger partial charge in [0.15, 0.2) is 5.78 Å². The molecule has 0 saturated heterocycles. The Balaban J connectivity index is 2.91. The SMILES string of the molecule is COc1ccc(OC)c(/C=C/C(=O)/C=C/C(=O)O)c1. The maximum atomic E-state index is 11.4. The molecule has 100 valence electrons. The fraction of sp³-hybridized carbons (Fsp3) is 0.143. The summed E-state index contributed by atoms with van der Waals surface area (Å²) < 4.78 is 10.2. The van der Waals surface area contributed by atoms with E-state index in [0.717, 1.165) is 12.2 Å². The van der Waals surface area contributed by atoms with Crippen molar-refractivity contribution >= 4 is 17.8 Å². The van der Waals surface area contributed by atoms with Crippen LogP contribution in [0.4, 0.5) is 0 Å². The first-order chi connectivity index (χ1) is 9.06. The van der Waals surface area contributed by atoms with Crippen molar-refractivity contribution in [3.8, 4) is 11.5 Å². The fourth-order valence-corrected chi connectivity index (χ4v) is 1.35. The number of hydrogen-bond acceptors (Lipinski definition) is 4. The second kappa shape index (κ2) is 7.00. The minimum Gasteiger partial charge on any atom is -0.497 e. The number of rotatable bonds is 6. The molecule has 0 aliphatic carbocycles. The van der Waals surface area contributed by atoms with Crippen LogP contribution < -0.4 is 9.47 Å². The van der Waals surface area contributed by atoms with Gasteiger partial charge in [-0.3, -0.25) is 4.79 Å². The van der Waals surface area contributed by atoms with Crippen molar-refractivity contribution in [3.63, 3.8) is 0 Å². The van der Waals surface area contributed by atoms with E-state index in [1.165, 1.54) is 26.4 Å². The number of benzene rings is 1. The quantitative estimate of drug-likeness (QED) is 0.793. The van der Waals surface area contributed by atoms with Gasteiger partial charge in [0.1, 0.15) is 11.5 Å². The summed E-state index contributed by atoms with van der Waals surface area (Å²) in [6.07, 6.45) is 4.56. The lowest BCUT2D eigenvalue weighted by molar-refractivity contribution is -0.131. The Morgan fingerprint density at radius 2 is 1.84 bits per heavy atom. The van der Waals surface area contributed by atoms with Gasteiger partial charge in [-0.05, 0) is 36.4 Å². The Morgan fingerprint density at radius 1 is 1.11 bits per heavy atom. The van der Waals surface area contributed by atoms with Crippen LogP contribution in [0.2, 0.25) is 0 Å². The van der Waals surface area contributed by atoms with E-state index in [4.69, 9.17) is 14.6 Å². The molecule has 0 fully saturated rings. The van der Waals surface area contributed by atoms with E-state index in [2.05, 4.69) is 0 Å². The number of ketones is 1. The highest BCUT2D eigenvalue weighted by atomic mass is 16.5. The Kier molecular flexibility index (Phi) is 5.35. The molecule has 0 heterocycles. The first kappa shape index (κ1) is 14.5. The van der Waals surface area contributed by atoms with Crippen LogP contribution in [0.25, 0.3) is 6.08 Å². The van der Waals surface area contributed by atoms with Crippen LogP contribution in [0.15, 0.2) is 36.4 Å². The summed E-state index contributed by atoms with van der Waals surface area (Å²) in [7, 11) is 3.06. The highest BCUT2D eigenvalue weighted by Crippen LogP contribution is 2.24. The fourth-order valence-electron chi connectivity index (χ4n) is 1.35. The number of allylic oxidation sites excluding steroid dienone is 2. The van der Waals surface area contributed by atoms with Crippen LogP contribution >= 0.6 is 0 Å². The zero-order valence-corrected chi connectivity index (χ0v) is 10.6. The van der Waals surface area contributed by atoms with Gasteiger partial charge in [0.2, 0.25) is 0 Å². The standard InChI is InChI=1S/C14H14O5/c1-18-12-6-7-13(19-2)10(9-12)3-4-11(15)5-8-14(16)17/h3-9H,1-2H3,(H,16,17)/b4-3+,8-5+. The Hall–Kier alpha value is -2.56. The van der Waals surface area contributed by atoms with Crippen LogP contribution in [-0.4, -0.2) is 31.1 Å². The second-order valence-electron chi connectivity index (χ2n) is 3.52. The number of carbonyl (C=O) groups is 2. The Morgan fingerprint density at radius 3 is 2.42 bits per heavy atom. The summed E-state index contributed by atoms with van der Waals surface area (Å²) in [5.74, 6) is -0.367. The summed E-state index contributed by atoms with van der Waals surface area (Å²) >= 11 is 0. The van der Waals surface area contributed by atoms with E-state index >= 15 is 0 Å². The van der Waals surface area contributed by atoms with Crippen LogP contribution in [0.1, 0.15) is 5.56 Å². The predicted octanol–water partition coefficient (Wildman–Crippen LogP) is 1.93. The van der Waals surface area contributed by atoms with Gasteiger partial charge < -0.3 is 14.6 Å². The van der Waals surface area contributed by atoms with Crippen LogP contribution in [0.5, 0.6) is 11.5 Å². The monoisotopic (exact) mass is 262 g/mol. The number of carbonyl (C=O) groups excluding carboxylic acids is 1. The number of ether oxygens (including phenoxy) is 2. The minimum absolute atomic E-state index is 0.424. The van der Waals surface area contributed by atoms with E-state index in [0.29, 0.717) is 17.1 Å². The molecular weight excluding hydrogens is 248 g/mol. The summed E-state index contributed by atoms with van der Waals surface area (Å²) in [6, 6.07) is 5.17. The van der Waals surface area contributed by atoms with Gasteiger partial charge in [-0.1, -0.05) is 0 Å². The van der Waals surface area contributed by atoms with Gasteiger partial charge in [0, 0.05) is 11.6 Å². The van der Waals surface area contributed by atoms with Gasteiger partial charge in [0.05, 0.1) is 14.2 Å². The third-order valence-corrected chi connectivity index (χ3v) is 2.25. The number of hydrogen-bond donors (Lipinski definition) is 1. The van der Waals surface area contributed by atoms with Gasteiger partial charge in [-0.2, -0.15) is 0 Å². The largest absolute Gasteiger partial charge is 0.497 e. The zero-order chi connectivity index (χ0) is 14.3. The molecule has 1 rings (SSSR count). The number of carboxylic acids is 1. The molecule has 0 aliphatic heterocycles. The molecule has 0 unspecified atom stereocenters. The lowest BCUT2D eigenvalue weighted by atomic mass is 10.1. The van der Waals surface area contributed by atoms with Crippen molar-refractivity contribution in [1.82, 2.24) is 0 Å². The van der Waals surface area contributed by atoms with Crippen molar-refractivity contribution < 1.29 is 24.2 Å². The summed E-state index contributed by atoms with van der Waals surface area (Å²) in [6.45, 7) is 0. The molecule has 1 N–H and O–H groups in total. The molecule has 0 aromatic heterocycles. The molecule has 0 radical (unpaired) electrons. The predicted molar refractivity (Wildman–Crippen MR) is 70.4 cm³/mol. The highest BCUT2D eigenvalue weighted by Gasteiger charge is 2.02. The molecular formula is C14H14O5. The lowest BCUT2D eigenvalue weighted by Gasteiger charge is -2.06. The van der Waals surface area contributed by atoms with Gasteiger partial charge in [0.25, 0.3) is 0 Å². The summed E-state index contributed by atoms with van der Waals surface area (Å²) in [4.78, 5) is 21.6. The zero-order valence-electron chi connectivity index (χ0n) is 10.6. The summed E-state index contributed by atoms with van der Waals surface area (Å²) in [5, 5.41) is 8.40. The highest BCUT2D eigenvalue weighted by molar-refractivity contribution is 6.04. The van der Waals surface area contributed by atoms with Crippen LogP contribution in [-0.2, 0) is 9.59 Å². The van der Waals surface area contributed by atoms with Crippen LogP contribution in [0.3, 0.4) is 0 Å². The number of methoxy groups -OCH3 is 2. The van der Waals surface area contributed by atoms with Gasteiger partial charge in [-0.25, -0.2) is 4.79 Å². The third-order valence-electron chi connectivity index (χ3n) is 2.25. The topological polar surface area (TPSA) is 72.8 Å². The molecule has 0 amide bonds. The number of carboxylic acid groups (broad SMARTS) is 1. The molecule has 0 atom stereocenters. The average molecular weight is 262 g/mol. The van der Waals surface area contributed by atoms with Crippen molar-refractivity contribution in [2.24, 2.45) is 0 Å². The molecule has 5 heteroatoms. The van der Waals surface area contributed by atoms with Crippen molar-refractivity contribution in [3.05, 3.63) is 42.0 Å². The first-order valence-corrected chi connectivity index (χ1v) is 5.42. The molecule has 1 aromatic carbocycles. The molecule has 5 nitrogen and oxygen atoms in total. The van der Waals surface area contributed by atoms with Gasteiger partial charge >= 0.3 is 5.97 Å². The Labute approximate surface area is 110 Å². The maximum Gasteiger partial charge on any atom is 0.328 e. The first-order valence-electron chi connectivity index (χ1n) is 5.42. The third kappa shape index (κ3) is 4.67. The van der Waals surface area contributed by atoms with E-state index in [9.17, 15) is 9.59 Å². The van der Waals surface area contributed by atoms with Crippen LogP contribution in [0, 0.1) is 0 Å². The minimum atomic E-state index is -1.17. The normalized spacial score (nSPS) is 10.8. The smallest absolute Gasteiger partial charge is 0.328 e. The van der Waals surface area contributed by atoms with Crippen molar-refractivity contribution in [2.45, 2.75) is 0 Å².